The first-order valence-electron chi connectivity index (χ1n) is 6.17. The molecule has 0 aromatic heterocycles. The zero-order valence-corrected chi connectivity index (χ0v) is 10.3. The van der Waals surface area contributed by atoms with Crippen LogP contribution in [0.2, 0.25) is 0 Å². The number of ether oxygens (including phenoxy) is 1. The number of hydrogen-bond donors (Lipinski definition) is 2. The third kappa shape index (κ3) is 3.89. The van der Waals surface area contributed by atoms with Crippen LogP contribution < -0.4 is 11.1 Å². The van der Waals surface area contributed by atoms with Crippen molar-refractivity contribution in [2.45, 2.75) is 18.9 Å². The van der Waals surface area contributed by atoms with Gasteiger partial charge < -0.3 is 15.8 Å². The van der Waals surface area contributed by atoms with Crippen molar-refractivity contribution in [2.75, 3.05) is 18.9 Å². The molecule has 4 nitrogen and oxygen atoms in total. The summed E-state index contributed by atoms with van der Waals surface area (Å²) in [6.45, 7) is 1.39. The average Bonchev–Trinajstić information content (AvgIpc) is 2.87. The lowest BCUT2D eigenvalue weighted by atomic mass is 10.2. The van der Waals surface area contributed by atoms with E-state index in [2.05, 4.69) is 5.32 Å². The van der Waals surface area contributed by atoms with Crippen LogP contribution in [0.25, 0.3) is 6.08 Å². The molecule has 0 bridgehead atoms. The average molecular weight is 246 g/mol. The Hall–Kier alpha value is -1.81. The van der Waals surface area contributed by atoms with Crippen LogP contribution in [0.4, 0.5) is 5.69 Å². The number of anilines is 1. The molecule has 1 amide bonds. The first-order valence-corrected chi connectivity index (χ1v) is 6.17. The highest BCUT2D eigenvalue weighted by atomic mass is 16.5. The van der Waals surface area contributed by atoms with Crippen molar-refractivity contribution in [1.29, 1.82) is 0 Å². The molecule has 1 aromatic rings. The van der Waals surface area contributed by atoms with E-state index in [4.69, 9.17) is 10.5 Å². The lowest BCUT2D eigenvalue weighted by molar-refractivity contribution is -0.116. The lowest BCUT2D eigenvalue weighted by Gasteiger charge is -2.08. The van der Waals surface area contributed by atoms with Crippen LogP contribution in [0.5, 0.6) is 0 Å². The van der Waals surface area contributed by atoms with Crippen molar-refractivity contribution >= 4 is 17.7 Å². The summed E-state index contributed by atoms with van der Waals surface area (Å²) in [6.07, 6.45) is 5.55. The van der Waals surface area contributed by atoms with E-state index < -0.39 is 0 Å². The van der Waals surface area contributed by atoms with Gasteiger partial charge in [-0.1, -0.05) is 12.1 Å². The maximum Gasteiger partial charge on any atom is 0.244 e. The van der Waals surface area contributed by atoms with Crippen LogP contribution in [0, 0.1) is 0 Å². The molecule has 0 radical (unpaired) electrons. The Morgan fingerprint density at radius 1 is 1.56 bits per heavy atom. The molecular formula is C14H18N2O2. The number of nitrogens with one attached hydrogen (secondary N) is 1. The summed E-state index contributed by atoms with van der Waals surface area (Å²) in [5, 5.41) is 2.83. The molecule has 1 aliphatic heterocycles. The van der Waals surface area contributed by atoms with Crippen molar-refractivity contribution in [3.8, 4) is 0 Å². The van der Waals surface area contributed by atoms with E-state index in [0.29, 0.717) is 12.2 Å². The van der Waals surface area contributed by atoms with Crippen LogP contribution in [0.1, 0.15) is 18.4 Å². The predicted octanol–water partition coefficient (Wildman–Crippen LogP) is 1.58. The molecule has 1 aromatic carbocycles. The first-order chi connectivity index (χ1) is 8.74. The molecule has 1 saturated heterocycles. The molecule has 1 fully saturated rings. The number of nitrogen functional groups attached to an aromatic ring is 1. The fraction of sp³-hybridized carbons (Fsp3) is 0.357. The van der Waals surface area contributed by atoms with Crippen molar-refractivity contribution in [1.82, 2.24) is 5.32 Å². The molecule has 1 aliphatic rings. The molecule has 0 aliphatic carbocycles. The summed E-state index contributed by atoms with van der Waals surface area (Å²) >= 11 is 0. The van der Waals surface area contributed by atoms with Gasteiger partial charge in [0.05, 0.1) is 6.10 Å². The summed E-state index contributed by atoms with van der Waals surface area (Å²) in [6, 6.07) is 7.40. The summed E-state index contributed by atoms with van der Waals surface area (Å²) in [5.74, 6) is -0.104. The van der Waals surface area contributed by atoms with E-state index in [1.165, 1.54) is 6.08 Å². The third-order valence-corrected chi connectivity index (χ3v) is 2.87. The highest BCUT2D eigenvalue weighted by Crippen LogP contribution is 2.10. The van der Waals surface area contributed by atoms with Crippen molar-refractivity contribution in [3.63, 3.8) is 0 Å². The third-order valence-electron chi connectivity index (χ3n) is 2.87. The predicted molar refractivity (Wildman–Crippen MR) is 71.9 cm³/mol. The minimum atomic E-state index is -0.104. The molecule has 2 rings (SSSR count). The number of carbonyl (C=O) groups excluding carboxylic acids is 1. The second kappa shape index (κ2) is 6.21. The molecule has 18 heavy (non-hydrogen) atoms. The molecule has 1 atom stereocenters. The number of nitrogens with two attached hydrogens (primary N) is 1. The fourth-order valence-electron chi connectivity index (χ4n) is 1.91. The van der Waals surface area contributed by atoms with Crippen LogP contribution in [-0.4, -0.2) is 25.2 Å². The molecule has 1 unspecified atom stereocenters. The SMILES string of the molecule is Nc1cccc(/C=C/C(=O)NCC2CCCO2)c1. The van der Waals surface area contributed by atoms with Crippen molar-refractivity contribution < 1.29 is 9.53 Å². The van der Waals surface area contributed by atoms with Gasteiger partial charge in [0.15, 0.2) is 0 Å². The summed E-state index contributed by atoms with van der Waals surface area (Å²) < 4.78 is 5.43. The smallest absolute Gasteiger partial charge is 0.244 e. The number of amides is 1. The van der Waals surface area contributed by atoms with Crippen LogP contribution in [0.3, 0.4) is 0 Å². The minimum absolute atomic E-state index is 0.104. The van der Waals surface area contributed by atoms with E-state index in [1.807, 2.05) is 24.3 Å². The molecule has 0 saturated carbocycles. The van der Waals surface area contributed by atoms with Gasteiger partial charge in [0.1, 0.15) is 0 Å². The maximum atomic E-state index is 11.6. The zero-order valence-electron chi connectivity index (χ0n) is 10.3. The molecule has 4 heteroatoms. The summed E-state index contributed by atoms with van der Waals surface area (Å²) in [7, 11) is 0. The van der Waals surface area contributed by atoms with Gasteiger partial charge in [-0.15, -0.1) is 0 Å². The second-order valence-electron chi connectivity index (χ2n) is 4.38. The van der Waals surface area contributed by atoms with Gasteiger partial charge in [-0.3, -0.25) is 4.79 Å². The highest BCUT2D eigenvalue weighted by Gasteiger charge is 2.15. The van der Waals surface area contributed by atoms with Crippen molar-refractivity contribution in [3.05, 3.63) is 35.9 Å². The molecule has 96 valence electrons. The van der Waals surface area contributed by atoms with Gasteiger partial charge in [-0.25, -0.2) is 0 Å². The van der Waals surface area contributed by atoms with E-state index >= 15 is 0 Å². The number of benzene rings is 1. The lowest BCUT2D eigenvalue weighted by Crippen LogP contribution is -2.30. The molecule has 0 spiro atoms. The Balaban J connectivity index is 1.79. The Morgan fingerprint density at radius 3 is 3.17 bits per heavy atom. The van der Waals surface area contributed by atoms with E-state index in [0.717, 1.165) is 25.0 Å². The van der Waals surface area contributed by atoms with Gasteiger partial charge in [-0.05, 0) is 36.6 Å². The normalized spacial score (nSPS) is 19.2. The van der Waals surface area contributed by atoms with Crippen LogP contribution >= 0.6 is 0 Å². The Labute approximate surface area is 107 Å². The second-order valence-corrected chi connectivity index (χ2v) is 4.38. The van der Waals surface area contributed by atoms with Crippen LogP contribution in [-0.2, 0) is 9.53 Å². The Bertz CT molecular complexity index is 437. The number of hydrogen-bond acceptors (Lipinski definition) is 3. The Kier molecular flexibility index (Phi) is 4.36. The maximum absolute atomic E-state index is 11.6. The molecule has 3 N–H and O–H groups in total. The van der Waals surface area contributed by atoms with Gasteiger partial charge in [0.25, 0.3) is 0 Å². The zero-order chi connectivity index (χ0) is 12.8. The quantitative estimate of drug-likeness (QED) is 0.626. The van der Waals surface area contributed by atoms with Crippen LogP contribution in [0.15, 0.2) is 30.3 Å². The van der Waals surface area contributed by atoms with Gasteiger partial charge in [-0.2, -0.15) is 0 Å². The fourth-order valence-corrected chi connectivity index (χ4v) is 1.91. The van der Waals surface area contributed by atoms with Gasteiger partial charge in [0, 0.05) is 24.9 Å². The highest BCUT2D eigenvalue weighted by molar-refractivity contribution is 5.91. The number of rotatable bonds is 4. The van der Waals surface area contributed by atoms with Gasteiger partial charge >= 0.3 is 0 Å². The van der Waals surface area contributed by atoms with Crippen molar-refractivity contribution in [2.24, 2.45) is 0 Å². The standard InChI is InChI=1S/C14H18N2O2/c15-12-4-1-3-11(9-12)6-7-14(17)16-10-13-5-2-8-18-13/h1,3-4,6-7,9,13H,2,5,8,10,15H2,(H,16,17)/b7-6+. The first kappa shape index (κ1) is 12.6. The topological polar surface area (TPSA) is 64.4 Å². The Morgan fingerprint density at radius 2 is 2.44 bits per heavy atom. The monoisotopic (exact) mass is 246 g/mol. The van der Waals surface area contributed by atoms with E-state index in [9.17, 15) is 4.79 Å². The number of carbonyl (C=O) groups is 1. The van der Waals surface area contributed by atoms with E-state index in [1.54, 1.807) is 6.08 Å². The molecular weight excluding hydrogens is 228 g/mol. The minimum Gasteiger partial charge on any atom is -0.399 e. The largest absolute Gasteiger partial charge is 0.399 e. The molecule has 1 heterocycles. The van der Waals surface area contributed by atoms with E-state index in [-0.39, 0.29) is 12.0 Å². The summed E-state index contributed by atoms with van der Waals surface area (Å²) in [4.78, 5) is 11.6. The summed E-state index contributed by atoms with van der Waals surface area (Å²) in [5.41, 5.74) is 7.27. The van der Waals surface area contributed by atoms with Gasteiger partial charge in [0.2, 0.25) is 5.91 Å².